The van der Waals surface area contributed by atoms with Gasteiger partial charge >= 0.3 is 6.09 Å². The minimum atomic E-state index is -0.516. The number of benzene rings is 1. The van der Waals surface area contributed by atoms with E-state index < -0.39 is 11.7 Å². The Hall–Kier alpha value is -1.26. The van der Waals surface area contributed by atoms with Crippen LogP contribution in [0, 0.1) is 5.92 Å². The molecule has 1 fully saturated rings. The van der Waals surface area contributed by atoms with Gasteiger partial charge in [0.25, 0.3) is 0 Å². The van der Waals surface area contributed by atoms with Crippen LogP contribution in [-0.2, 0) is 10.2 Å². The number of rotatable bonds is 4. The van der Waals surface area contributed by atoms with Crippen molar-refractivity contribution in [1.29, 1.82) is 0 Å². The van der Waals surface area contributed by atoms with Crippen molar-refractivity contribution in [3.63, 3.8) is 0 Å². The molecular weight excluding hydrogens is 290 g/mol. The molecule has 1 aromatic carbocycles. The molecule has 2 N–H and O–H groups in total. The predicted molar refractivity (Wildman–Crippen MR) is 82.6 cm³/mol. The quantitative estimate of drug-likeness (QED) is 0.898. The van der Waals surface area contributed by atoms with E-state index in [2.05, 4.69) is 5.32 Å². The fourth-order valence-electron chi connectivity index (χ4n) is 2.62. The van der Waals surface area contributed by atoms with Crippen LogP contribution in [0.3, 0.4) is 0 Å². The van der Waals surface area contributed by atoms with E-state index in [1.807, 2.05) is 45.0 Å². The Balaban J connectivity index is 2.04. The molecule has 116 valence electrons. The molecule has 0 aromatic heterocycles. The van der Waals surface area contributed by atoms with Crippen molar-refractivity contribution in [2.24, 2.45) is 5.92 Å². The second-order valence-corrected chi connectivity index (χ2v) is 7.04. The van der Waals surface area contributed by atoms with Crippen LogP contribution in [0.1, 0.15) is 32.8 Å². The monoisotopic (exact) mass is 311 g/mol. The van der Waals surface area contributed by atoms with E-state index in [9.17, 15) is 9.90 Å². The van der Waals surface area contributed by atoms with Crippen LogP contribution >= 0.6 is 11.6 Å². The van der Waals surface area contributed by atoms with Crippen molar-refractivity contribution < 1.29 is 14.6 Å². The van der Waals surface area contributed by atoms with Gasteiger partial charge in [0.1, 0.15) is 5.60 Å². The highest BCUT2D eigenvalue weighted by Gasteiger charge is 2.54. The molecule has 1 aliphatic rings. The number of aliphatic hydroxyl groups is 1. The zero-order valence-corrected chi connectivity index (χ0v) is 13.4. The van der Waals surface area contributed by atoms with E-state index in [-0.39, 0.29) is 17.9 Å². The maximum absolute atomic E-state index is 11.8. The summed E-state index contributed by atoms with van der Waals surface area (Å²) >= 11 is 5.91. The number of amides is 1. The summed E-state index contributed by atoms with van der Waals surface area (Å²) in [4.78, 5) is 11.8. The molecule has 2 atom stereocenters. The van der Waals surface area contributed by atoms with Gasteiger partial charge in [0.2, 0.25) is 0 Å². The zero-order valence-electron chi connectivity index (χ0n) is 12.6. The first kappa shape index (κ1) is 16.1. The van der Waals surface area contributed by atoms with E-state index in [1.54, 1.807) is 0 Å². The highest BCUT2D eigenvalue weighted by molar-refractivity contribution is 6.30. The van der Waals surface area contributed by atoms with Gasteiger partial charge in [0.15, 0.2) is 0 Å². The lowest BCUT2D eigenvalue weighted by Crippen LogP contribution is -2.37. The molecule has 1 amide bonds. The second-order valence-electron chi connectivity index (χ2n) is 6.60. The third-order valence-electron chi connectivity index (χ3n) is 3.82. The Morgan fingerprint density at radius 1 is 1.43 bits per heavy atom. The van der Waals surface area contributed by atoms with Crippen LogP contribution in [-0.4, -0.2) is 30.0 Å². The molecule has 0 heterocycles. The van der Waals surface area contributed by atoms with E-state index >= 15 is 0 Å². The second kappa shape index (κ2) is 5.85. The number of ether oxygens (including phenoxy) is 1. The minimum Gasteiger partial charge on any atom is -0.444 e. The van der Waals surface area contributed by atoms with Gasteiger partial charge in [-0.05, 0) is 50.8 Å². The van der Waals surface area contributed by atoms with Gasteiger partial charge in [-0.1, -0.05) is 23.7 Å². The molecule has 21 heavy (non-hydrogen) atoms. The lowest BCUT2D eigenvalue weighted by Gasteiger charge is -2.22. The normalized spacial score (nSPS) is 24.5. The van der Waals surface area contributed by atoms with E-state index in [4.69, 9.17) is 16.3 Å². The lowest BCUT2D eigenvalue weighted by atomic mass is 9.93. The number of halogens is 1. The molecule has 0 aliphatic heterocycles. The van der Waals surface area contributed by atoms with Gasteiger partial charge in [-0.25, -0.2) is 4.79 Å². The summed E-state index contributed by atoms with van der Waals surface area (Å²) in [6, 6.07) is 7.57. The number of carbonyl (C=O) groups excluding carboxylic acids is 1. The Kier molecular flexibility index (Phi) is 4.49. The molecule has 0 spiro atoms. The zero-order chi connectivity index (χ0) is 15.7. The maximum Gasteiger partial charge on any atom is 0.407 e. The summed E-state index contributed by atoms with van der Waals surface area (Å²) in [6.45, 7) is 6.05. The van der Waals surface area contributed by atoms with Crippen LogP contribution in [0.5, 0.6) is 0 Å². The molecule has 0 saturated heterocycles. The molecule has 0 unspecified atom stereocenters. The molecular formula is C16H22ClNO3. The fourth-order valence-corrected chi connectivity index (χ4v) is 2.74. The SMILES string of the molecule is CC(C)(C)OC(=O)NC[C@]1(c2ccc(Cl)cc2)C[C@@H]1CO. The summed E-state index contributed by atoms with van der Waals surface area (Å²) in [5.41, 5.74) is 0.357. The first-order valence-corrected chi connectivity index (χ1v) is 7.48. The van der Waals surface area contributed by atoms with Crippen molar-refractivity contribution in [2.45, 2.75) is 38.2 Å². The van der Waals surface area contributed by atoms with Crippen molar-refractivity contribution in [2.75, 3.05) is 13.2 Å². The smallest absolute Gasteiger partial charge is 0.407 e. The van der Waals surface area contributed by atoms with Gasteiger partial charge in [0.05, 0.1) is 0 Å². The Morgan fingerprint density at radius 2 is 2.05 bits per heavy atom. The average Bonchev–Trinajstić information content (AvgIpc) is 3.10. The Morgan fingerprint density at radius 3 is 2.52 bits per heavy atom. The number of nitrogens with one attached hydrogen (secondary N) is 1. The minimum absolute atomic E-state index is 0.110. The van der Waals surface area contributed by atoms with Crippen LogP contribution in [0.15, 0.2) is 24.3 Å². The first-order chi connectivity index (χ1) is 9.77. The number of aliphatic hydroxyl groups excluding tert-OH is 1. The van der Waals surface area contributed by atoms with Crippen molar-refractivity contribution in [3.05, 3.63) is 34.9 Å². The van der Waals surface area contributed by atoms with Crippen LogP contribution < -0.4 is 5.32 Å². The number of hydrogen-bond donors (Lipinski definition) is 2. The summed E-state index contributed by atoms with van der Waals surface area (Å²) in [5, 5.41) is 12.9. The lowest BCUT2D eigenvalue weighted by molar-refractivity contribution is 0.0520. The van der Waals surface area contributed by atoms with Gasteiger partial charge in [-0.3, -0.25) is 0 Å². The van der Waals surface area contributed by atoms with Gasteiger partial charge < -0.3 is 15.2 Å². The Labute approximate surface area is 130 Å². The van der Waals surface area contributed by atoms with E-state index in [1.165, 1.54) is 0 Å². The standard InChI is InChI=1S/C16H22ClNO3/c1-15(2,3)21-14(20)18-10-16(8-12(16)9-19)11-4-6-13(17)7-5-11/h4-7,12,19H,8-10H2,1-3H3,(H,18,20)/t12-,16+/m1/s1. The topological polar surface area (TPSA) is 58.6 Å². The van der Waals surface area contributed by atoms with Crippen molar-refractivity contribution in [3.8, 4) is 0 Å². The molecule has 2 rings (SSSR count). The maximum atomic E-state index is 11.8. The van der Waals surface area contributed by atoms with Crippen LogP contribution in [0.2, 0.25) is 5.02 Å². The van der Waals surface area contributed by atoms with Crippen LogP contribution in [0.25, 0.3) is 0 Å². The van der Waals surface area contributed by atoms with E-state index in [0.29, 0.717) is 11.6 Å². The summed E-state index contributed by atoms with van der Waals surface area (Å²) in [7, 11) is 0. The first-order valence-electron chi connectivity index (χ1n) is 7.10. The van der Waals surface area contributed by atoms with Gasteiger partial charge in [0, 0.05) is 23.6 Å². The summed E-state index contributed by atoms with van der Waals surface area (Å²) in [5.74, 6) is 0.161. The van der Waals surface area contributed by atoms with Gasteiger partial charge in [-0.15, -0.1) is 0 Å². The molecule has 0 radical (unpaired) electrons. The molecule has 0 bridgehead atoms. The van der Waals surface area contributed by atoms with Gasteiger partial charge in [-0.2, -0.15) is 0 Å². The largest absolute Gasteiger partial charge is 0.444 e. The molecule has 4 nitrogen and oxygen atoms in total. The summed E-state index contributed by atoms with van der Waals surface area (Å²) in [6.07, 6.45) is 0.417. The number of carbonyl (C=O) groups is 1. The third-order valence-corrected chi connectivity index (χ3v) is 4.07. The highest BCUT2D eigenvalue weighted by Crippen LogP contribution is 2.53. The van der Waals surface area contributed by atoms with E-state index in [0.717, 1.165) is 12.0 Å². The average molecular weight is 312 g/mol. The molecule has 1 saturated carbocycles. The number of hydrogen-bond acceptors (Lipinski definition) is 3. The van der Waals surface area contributed by atoms with Crippen molar-refractivity contribution >= 4 is 17.7 Å². The summed E-state index contributed by atoms with van der Waals surface area (Å²) < 4.78 is 5.25. The molecule has 1 aliphatic carbocycles. The van der Waals surface area contributed by atoms with Crippen molar-refractivity contribution in [1.82, 2.24) is 5.32 Å². The van der Waals surface area contributed by atoms with Crippen LogP contribution in [0.4, 0.5) is 4.79 Å². The number of alkyl carbamates (subject to hydrolysis) is 1. The molecule has 1 aromatic rings. The highest BCUT2D eigenvalue weighted by atomic mass is 35.5. The third kappa shape index (κ3) is 3.89. The fraction of sp³-hybridized carbons (Fsp3) is 0.562. The molecule has 5 heteroatoms. The Bertz CT molecular complexity index is 509. The predicted octanol–water partition coefficient (Wildman–Crippen LogP) is 3.11.